The Morgan fingerprint density at radius 3 is 2.18 bits per heavy atom. The van der Waals surface area contributed by atoms with Crippen molar-refractivity contribution in [3.05, 3.63) is 106 Å². The standard InChI is InChI=1S/C27H28ClFN2O2/c1-19(2)30-27(33)25(16-20-8-4-3-5-9-20)31(18-22-10-6-7-11-24(22)29)26(32)17-21-12-14-23(28)15-13-21/h3-15,19,25H,16-18H2,1-2H3,(H,30,33)/t25-/m1/s1. The van der Waals surface area contributed by atoms with Crippen LogP contribution in [0.2, 0.25) is 5.02 Å². The van der Waals surface area contributed by atoms with Crippen LogP contribution in [0.25, 0.3) is 0 Å². The number of hydrogen-bond donors (Lipinski definition) is 1. The molecular formula is C27H28ClFN2O2. The van der Waals surface area contributed by atoms with Crippen LogP contribution in [0.15, 0.2) is 78.9 Å². The lowest BCUT2D eigenvalue weighted by Crippen LogP contribution is -2.52. The summed E-state index contributed by atoms with van der Waals surface area (Å²) < 4.78 is 14.5. The summed E-state index contributed by atoms with van der Waals surface area (Å²) in [4.78, 5) is 28.3. The Bertz CT molecular complexity index is 1070. The first kappa shape index (κ1) is 24.5. The second kappa shape index (κ2) is 11.6. The molecule has 33 heavy (non-hydrogen) atoms. The first-order valence-corrected chi connectivity index (χ1v) is 11.3. The van der Waals surface area contributed by atoms with Gasteiger partial charge in [0.2, 0.25) is 11.8 Å². The zero-order valence-corrected chi connectivity index (χ0v) is 19.6. The molecule has 3 aromatic carbocycles. The van der Waals surface area contributed by atoms with Gasteiger partial charge in [-0.05, 0) is 43.2 Å². The van der Waals surface area contributed by atoms with E-state index in [2.05, 4.69) is 5.32 Å². The third kappa shape index (κ3) is 7.16. The minimum atomic E-state index is -0.797. The molecule has 0 heterocycles. The lowest BCUT2D eigenvalue weighted by atomic mass is 10.0. The van der Waals surface area contributed by atoms with Gasteiger partial charge in [0.05, 0.1) is 6.42 Å². The summed E-state index contributed by atoms with van der Waals surface area (Å²) in [5.74, 6) is -0.945. The van der Waals surface area contributed by atoms with Gasteiger partial charge in [0.1, 0.15) is 11.9 Å². The quantitative estimate of drug-likeness (QED) is 0.472. The molecule has 0 saturated carbocycles. The van der Waals surface area contributed by atoms with Crippen molar-refractivity contribution < 1.29 is 14.0 Å². The Labute approximate surface area is 199 Å². The van der Waals surface area contributed by atoms with E-state index in [0.29, 0.717) is 17.0 Å². The molecule has 0 aliphatic carbocycles. The highest BCUT2D eigenvalue weighted by molar-refractivity contribution is 6.30. The van der Waals surface area contributed by atoms with Gasteiger partial charge in [-0.3, -0.25) is 9.59 Å². The van der Waals surface area contributed by atoms with Gasteiger partial charge in [0, 0.05) is 29.6 Å². The molecule has 4 nitrogen and oxygen atoms in total. The number of hydrogen-bond acceptors (Lipinski definition) is 2. The number of benzene rings is 3. The van der Waals surface area contributed by atoms with Crippen molar-refractivity contribution in [3.63, 3.8) is 0 Å². The van der Waals surface area contributed by atoms with E-state index in [1.54, 1.807) is 42.5 Å². The van der Waals surface area contributed by atoms with Crippen molar-refractivity contribution in [1.82, 2.24) is 10.2 Å². The fourth-order valence-electron chi connectivity index (χ4n) is 3.62. The molecule has 2 amide bonds. The third-order valence-corrected chi connectivity index (χ3v) is 5.52. The van der Waals surface area contributed by atoms with E-state index in [9.17, 15) is 14.0 Å². The maximum atomic E-state index is 14.5. The van der Waals surface area contributed by atoms with Crippen molar-refractivity contribution in [2.24, 2.45) is 0 Å². The van der Waals surface area contributed by atoms with Gasteiger partial charge in [-0.15, -0.1) is 0 Å². The monoisotopic (exact) mass is 466 g/mol. The molecule has 0 bridgehead atoms. The van der Waals surface area contributed by atoms with E-state index < -0.39 is 11.9 Å². The largest absolute Gasteiger partial charge is 0.352 e. The Balaban J connectivity index is 1.97. The number of nitrogens with zero attached hydrogens (tertiary/aromatic N) is 1. The second-order valence-corrected chi connectivity index (χ2v) is 8.72. The molecule has 0 radical (unpaired) electrons. The van der Waals surface area contributed by atoms with E-state index in [1.807, 2.05) is 44.2 Å². The van der Waals surface area contributed by atoms with Crippen molar-refractivity contribution in [2.75, 3.05) is 0 Å². The zero-order valence-electron chi connectivity index (χ0n) is 18.8. The normalized spacial score (nSPS) is 11.8. The third-order valence-electron chi connectivity index (χ3n) is 5.27. The summed E-state index contributed by atoms with van der Waals surface area (Å²) in [7, 11) is 0. The highest BCUT2D eigenvalue weighted by Crippen LogP contribution is 2.19. The molecule has 0 aliphatic rings. The zero-order chi connectivity index (χ0) is 23.8. The predicted octanol–water partition coefficient (Wildman–Crippen LogP) is 5.19. The van der Waals surface area contributed by atoms with Crippen LogP contribution in [-0.2, 0) is 29.0 Å². The van der Waals surface area contributed by atoms with Crippen molar-refractivity contribution in [3.8, 4) is 0 Å². The van der Waals surface area contributed by atoms with Crippen molar-refractivity contribution in [1.29, 1.82) is 0 Å². The molecule has 0 unspecified atom stereocenters. The Hall–Kier alpha value is -3.18. The number of halogens is 2. The molecule has 3 aromatic rings. The summed E-state index contributed by atoms with van der Waals surface area (Å²) in [6.07, 6.45) is 0.395. The Kier molecular flexibility index (Phi) is 8.61. The molecule has 1 N–H and O–H groups in total. The van der Waals surface area contributed by atoms with Gasteiger partial charge >= 0.3 is 0 Å². The van der Waals surface area contributed by atoms with Crippen LogP contribution in [0.3, 0.4) is 0 Å². The SMILES string of the molecule is CC(C)NC(=O)[C@@H](Cc1ccccc1)N(Cc1ccccc1F)C(=O)Cc1ccc(Cl)cc1. The molecule has 3 rings (SSSR count). The van der Waals surface area contributed by atoms with E-state index in [1.165, 1.54) is 11.0 Å². The topological polar surface area (TPSA) is 49.4 Å². The van der Waals surface area contributed by atoms with Gasteiger partial charge in [-0.1, -0.05) is 72.3 Å². The summed E-state index contributed by atoms with van der Waals surface area (Å²) in [6.45, 7) is 3.73. The number of nitrogens with one attached hydrogen (secondary N) is 1. The fraction of sp³-hybridized carbons (Fsp3) is 0.259. The van der Waals surface area contributed by atoms with E-state index in [4.69, 9.17) is 11.6 Å². The highest BCUT2D eigenvalue weighted by Gasteiger charge is 2.31. The lowest BCUT2D eigenvalue weighted by Gasteiger charge is -2.32. The van der Waals surface area contributed by atoms with Gasteiger partial charge < -0.3 is 10.2 Å². The minimum Gasteiger partial charge on any atom is -0.352 e. The van der Waals surface area contributed by atoms with Gasteiger partial charge in [-0.2, -0.15) is 0 Å². The molecule has 0 spiro atoms. The molecule has 0 saturated heterocycles. The van der Waals surface area contributed by atoms with E-state index in [-0.39, 0.29) is 30.8 Å². The molecule has 0 aromatic heterocycles. The van der Waals surface area contributed by atoms with Gasteiger partial charge in [0.15, 0.2) is 0 Å². The molecule has 172 valence electrons. The minimum absolute atomic E-state index is 0.0118. The van der Waals surface area contributed by atoms with Crippen molar-refractivity contribution >= 4 is 23.4 Å². The molecule has 0 aliphatic heterocycles. The first-order valence-electron chi connectivity index (χ1n) is 10.9. The molecule has 0 fully saturated rings. The average molecular weight is 467 g/mol. The molecule has 6 heteroatoms. The maximum Gasteiger partial charge on any atom is 0.243 e. The number of carbonyl (C=O) groups is 2. The maximum absolute atomic E-state index is 14.5. The summed E-state index contributed by atoms with van der Waals surface area (Å²) in [6, 6.07) is 21.9. The van der Waals surface area contributed by atoms with Crippen LogP contribution < -0.4 is 5.32 Å². The summed E-state index contributed by atoms with van der Waals surface area (Å²) in [5, 5.41) is 3.50. The number of rotatable bonds is 9. The summed E-state index contributed by atoms with van der Waals surface area (Å²) in [5.41, 5.74) is 2.04. The molecule has 1 atom stereocenters. The predicted molar refractivity (Wildman–Crippen MR) is 129 cm³/mol. The van der Waals surface area contributed by atoms with Gasteiger partial charge in [0.25, 0.3) is 0 Å². The number of carbonyl (C=O) groups excluding carboxylic acids is 2. The van der Waals surface area contributed by atoms with Gasteiger partial charge in [-0.25, -0.2) is 4.39 Å². The van der Waals surface area contributed by atoms with Crippen LogP contribution >= 0.6 is 11.6 Å². The lowest BCUT2D eigenvalue weighted by molar-refractivity contribution is -0.141. The van der Waals surface area contributed by atoms with E-state index >= 15 is 0 Å². The summed E-state index contributed by atoms with van der Waals surface area (Å²) >= 11 is 5.98. The smallest absolute Gasteiger partial charge is 0.243 e. The van der Waals surface area contributed by atoms with Crippen LogP contribution in [0.5, 0.6) is 0 Å². The Morgan fingerprint density at radius 2 is 1.55 bits per heavy atom. The highest BCUT2D eigenvalue weighted by atomic mass is 35.5. The van der Waals surface area contributed by atoms with Crippen molar-refractivity contribution in [2.45, 2.75) is 45.3 Å². The van der Waals surface area contributed by atoms with E-state index in [0.717, 1.165) is 11.1 Å². The van der Waals surface area contributed by atoms with Crippen LogP contribution in [0.4, 0.5) is 4.39 Å². The van der Waals surface area contributed by atoms with Crippen LogP contribution in [0, 0.1) is 5.82 Å². The fourth-order valence-corrected chi connectivity index (χ4v) is 3.75. The average Bonchev–Trinajstić information content (AvgIpc) is 2.79. The van der Waals surface area contributed by atoms with Crippen LogP contribution in [0.1, 0.15) is 30.5 Å². The number of amides is 2. The second-order valence-electron chi connectivity index (χ2n) is 8.29. The molecular weight excluding hydrogens is 439 g/mol. The first-order chi connectivity index (χ1) is 15.8. The Morgan fingerprint density at radius 1 is 0.909 bits per heavy atom. The van der Waals surface area contributed by atoms with Crippen LogP contribution in [-0.4, -0.2) is 28.8 Å².